The highest BCUT2D eigenvalue weighted by Gasteiger charge is 2.17. The molecule has 0 radical (unpaired) electrons. The summed E-state index contributed by atoms with van der Waals surface area (Å²) in [6.07, 6.45) is 7.84. The van der Waals surface area contributed by atoms with Crippen molar-refractivity contribution < 1.29 is 4.74 Å². The fourth-order valence-electron chi connectivity index (χ4n) is 2.80. The van der Waals surface area contributed by atoms with Gasteiger partial charge >= 0.3 is 0 Å². The summed E-state index contributed by atoms with van der Waals surface area (Å²) in [7, 11) is 1.74. The smallest absolute Gasteiger partial charge is 0.0477 e. The molecule has 102 valence electrons. The van der Waals surface area contributed by atoms with Gasteiger partial charge in [0.05, 0.1) is 0 Å². The van der Waals surface area contributed by atoms with Crippen LogP contribution in [0.2, 0.25) is 0 Å². The van der Waals surface area contributed by atoms with E-state index in [1.54, 1.807) is 7.11 Å². The second kappa shape index (κ2) is 8.90. The van der Waals surface area contributed by atoms with E-state index in [-0.39, 0.29) is 6.04 Å². The Labute approximate surface area is 107 Å². The molecule has 2 atom stereocenters. The molecule has 0 aromatic heterocycles. The van der Waals surface area contributed by atoms with E-state index < -0.39 is 0 Å². The molecular weight excluding hydrogens is 212 g/mol. The Kier molecular flexibility index (Phi) is 7.82. The summed E-state index contributed by atoms with van der Waals surface area (Å²) in [5, 5.41) is 0. The largest absolute Gasteiger partial charge is 0.385 e. The molecule has 0 aliphatic carbocycles. The first kappa shape index (κ1) is 14.9. The lowest BCUT2D eigenvalue weighted by atomic mass is 9.96. The van der Waals surface area contributed by atoms with Gasteiger partial charge in [0, 0.05) is 26.3 Å². The number of likely N-dealkylation sites (tertiary alicyclic amines) is 1. The topological polar surface area (TPSA) is 38.5 Å². The third kappa shape index (κ3) is 6.39. The van der Waals surface area contributed by atoms with Gasteiger partial charge in [-0.2, -0.15) is 0 Å². The lowest BCUT2D eigenvalue weighted by Gasteiger charge is -2.23. The Balaban J connectivity index is 2.21. The van der Waals surface area contributed by atoms with Crippen molar-refractivity contribution in [1.82, 2.24) is 4.90 Å². The van der Waals surface area contributed by atoms with Gasteiger partial charge in [-0.1, -0.05) is 19.8 Å². The summed E-state index contributed by atoms with van der Waals surface area (Å²) in [6.45, 7) is 6.60. The quantitative estimate of drug-likeness (QED) is 0.744. The molecule has 2 N–H and O–H groups in total. The van der Waals surface area contributed by atoms with Gasteiger partial charge in [-0.05, 0) is 44.7 Å². The van der Waals surface area contributed by atoms with Crippen LogP contribution in [0.15, 0.2) is 0 Å². The molecule has 17 heavy (non-hydrogen) atoms. The van der Waals surface area contributed by atoms with Gasteiger partial charge in [-0.3, -0.25) is 0 Å². The molecule has 1 rings (SSSR count). The summed E-state index contributed by atoms with van der Waals surface area (Å²) in [4.78, 5) is 2.55. The van der Waals surface area contributed by atoms with E-state index in [4.69, 9.17) is 10.5 Å². The first-order chi connectivity index (χ1) is 8.26. The molecule has 1 aliphatic rings. The first-order valence-electron chi connectivity index (χ1n) is 7.23. The Hall–Kier alpha value is -0.120. The molecule has 2 unspecified atom stereocenters. The summed E-state index contributed by atoms with van der Waals surface area (Å²) in [5.41, 5.74) is 6.11. The molecule has 3 heteroatoms. The van der Waals surface area contributed by atoms with E-state index in [2.05, 4.69) is 11.8 Å². The van der Waals surface area contributed by atoms with Crippen molar-refractivity contribution in [3.8, 4) is 0 Å². The van der Waals surface area contributed by atoms with Crippen LogP contribution in [0.5, 0.6) is 0 Å². The van der Waals surface area contributed by atoms with Crippen molar-refractivity contribution in [2.45, 2.75) is 51.5 Å². The standard InChI is InChI=1S/C14H30N2O/c1-3-5-13-6-4-9-16(10-7-13)12-14(15)8-11-17-2/h13-14H,3-12,15H2,1-2H3. The minimum absolute atomic E-state index is 0.276. The fraction of sp³-hybridized carbons (Fsp3) is 1.00. The number of hydrogen-bond donors (Lipinski definition) is 1. The Morgan fingerprint density at radius 1 is 1.35 bits per heavy atom. The summed E-state index contributed by atoms with van der Waals surface area (Å²) in [6, 6.07) is 0.276. The van der Waals surface area contributed by atoms with Crippen LogP contribution in [0.1, 0.15) is 45.4 Å². The van der Waals surface area contributed by atoms with Crippen molar-refractivity contribution in [3.05, 3.63) is 0 Å². The molecule has 0 spiro atoms. The number of nitrogens with two attached hydrogens (primary N) is 1. The van der Waals surface area contributed by atoms with Gasteiger partial charge < -0.3 is 15.4 Å². The van der Waals surface area contributed by atoms with E-state index >= 15 is 0 Å². The second-order valence-electron chi connectivity index (χ2n) is 5.43. The highest BCUT2D eigenvalue weighted by molar-refractivity contribution is 4.74. The summed E-state index contributed by atoms with van der Waals surface area (Å²) in [5.74, 6) is 0.959. The van der Waals surface area contributed by atoms with Gasteiger partial charge in [-0.25, -0.2) is 0 Å². The van der Waals surface area contributed by atoms with Crippen LogP contribution in [0.3, 0.4) is 0 Å². The van der Waals surface area contributed by atoms with Gasteiger partial charge in [0.15, 0.2) is 0 Å². The Bertz CT molecular complexity index is 187. The van der Waals surface area contributed by atoms with Crippen LogP contribution in [0.25, 0.3) is 0 Å². The maximum absolute atomic E-state index is 6.11. The molecule has 0 amide bonds. The van der Waals surface area contributed by atoms with Gasteiger partial charge in [-0.15, -0.1) is 0 Å². The maximum atomic E-state index is 6.11. The highest BCUT2D eigenvalue weighted by atomic mass is 16.5. The molecule has 0 saturated carbocycles. The van der Waals surface area contributed by atoms with E-state index in [0.29, 0.717) is 0 Å². The average molecular weight is 242 g/mol. The van der Waals surface area contributed by atoms with E-state index in [1.165, 1.54) is 45.2 Å². The number of nitrogens with zero attached hydrogens (tertiary/aromatic N) is 1. The van der Waals surface area contributed by atoms with Crippen molar-refractivity contribution in [2.24, 2.45) is 11.7 Å². The van der Waals surface area contributed by atoms with E-state index in [0.717, 1.165) is 25.5 Å². The third-order valence-corrected chi connectivity index (χ3v) is 3.82. The Morgan fingerprint density at radius 3 is 2.88 bits per heavy atom. The molecule has 1 fully saturated rings. The van der Waals surface area contributed by atoms with E-state index in [1.807, 2.05) is 0 Å². The zero-order valence-corrected chi connectivity index (χ0v) is 11.7. The van der Waals surface area contributed by atoms with Gasteiger partial charge in [0.25, 0.3) is 0 Å². The third-order valence-electron chi connectivity index (χ3n) is 3.82. The number of hydrogen-bond acceptors (Lipinski definition) is 3. The van der Waals surface area contributed by atoms with Crippen LogP contribution < -0.4 is 5.73 Å². The number of methoxy groups -OCH3 is 1. The molecule has 3 nitrogen and oxygen atoms in total. The predicted molar refractivity (Wildman–Crippen MR) is 73.2 cm³/mol. The first-order valence-corrected chi connectivity index (χ1v) is 7.23. The molecule has 1 saturated heterocycles. The van der Waals surface area contributed by atoms with Crippen LogP contribution in [-0.4, -0.2) is 44.3 Å². The minimum Gasteiger partial charge on any atom is -0.385 e. The van der Waals surface area contributed by atoms with Crippen molar-refractivity contribution >= 4 is 0 Å². The van der Waals surface area contributed by atoms with Crippen LogP contribution >= 0.6 is 0 Å². The van der Waals surface area contributed by atoms with Gasteiger partial charge in [0.2, 0.25) is 0 Å². The van der Waals surface area contributed by atoms with Crippen LogP contribution in [0, 0.1) is 5.92 Å². The lowest BCUT2D eigenvalue weighted by Crippen LogP contribution is -2.38. The molecule has 0 aromatic rings. The van der Waals surface area contributed by atoms with Gasteiger partial charge in [0.1, 0.15) is 0 Å². The average Bonchev–Trinajstić information content (AvgIpc) is 2.53. The maximum Gasteiger partial charge on any atom is 0.0477 e. The highest BCUT2D eigenvalue weighted by Crippen LogP contribution is 2.21. The van der Waals surface area contributed by atoms with Crippen molar-refractivity contribution in [3.63, 3.8) is 0 Å². The predicted octanol–water partition coefficient (Wildman–Crippen LogP) is 2.25. The summed E-state index contributed by atoms with van der Waals surface area (Å²) >= 11 is 0. The lowest BCUT2D eigenvalue weighted by molar-refractivity contribution is 0.175. The van der Waals surface area contributed by atoms with Crippen LogP contribution in [-0.2, 0) is 4.74 Å². The number of rotatable bonds is 7. The van der Waals surface area contributed by atoms with Crippen molar-refractivity contribution in [2.75, 3.05) is 33.4 Å². The van der Waals surface area contributed by atoms with Crippen LogP contribution in [0.4, 0.5) is 0 Å². The zero-order valence-electron chi connectivity index (χ0n) is 11.7. The molecule has 0 bridgehead atoms. The molecule has 1 aliphatic heterocycles. The normalized spacial score (nSPS) is 24.5. The monoisotopic (exact) mass is 242 g/mol. The molecule has 1 heterocycles. The minimum atomic E-state index is 0.276. The van der Waals surface area contributed by atoms with E-state index in [9.17, 15) is 0 Å². The Morgan fingerprint density at radius 2 is 2.18 bits per heavy atom. The summed E-state index contributed by atoms with van der Waals surface area (Å²) < 4.78 is 5.08. The molecule has 0 aromatic carbocycles. The fourth-order valence-corrected chi connectivity index (χ4v) is 2.80. The second-order valence-corrected chi connectivity index (χ2v) is 5.43. The number of ether oxygens (including phenoxy) is 1. The zero-order chi connectivity index (χ0) is 12.5. The molecular formula is C14H30N2O. The SMILES string of the molecule is CCCC1CCCN(CC(N)CCOC)CC1. The van der Waals surface area contributed by atoms with Crippen molar-refractivity contribution in [1.29, 1.82) is 0 Å².